The number of amides is 1. The first-order chi connectivity index (χ1) is 15.3. The summed E-state index contributed by atoms with van der Waals surface area (Å²) >= 11 is 24.2. The fourth-order valence-corrected chi connectivity index (χ4v) is 3.47. The van der Waals surface area contributed by atoms with E-state index in [9.17, 15) is 10.1 Å². The Labute approximate surface area is 205 Å². The number of nitrogens with zero attached hydrogens (tertiary/aromatic N) is 1. The lowest BCUT2D eigenvalue weighted by Crippen LogP contribution is -2.14. The summed E-state index contributed by atoms with van der Waals surface area (Å²) in [4.78, 5) is 12.7. The highest BCUT2D eigenvalue weighted by Gasteiger charge is 2.14. The standard InChI is InChI=1S/C24H16Cl4N2O2/c1-14-19(26)3-2-4-22(14)30-24(31)17(12-29)10-16-11-18(25)6-8-23(16)32-13-15-5-7-20(27)21(28)9-15/h2-11H,13H2,1H3,(H,30,31)/b17-10+. The average molecular weight is 506 g/mol. The van der Waals surface area contributed by atoms with Crippen LogP contribution < -0.4 is 10.1 Å². The van der Waals surface area contributed by atoms with Gasteiger partial charge in [-0.2, -0.15) is 5.26 Å². The van der Waals surface area contributed by atoms with Crippen molar-refractivity contribution in [3.8, 4) is 11.8 Å². The fourth-order valence-electron chi connectivity index (χ4n) is 2.79. The van der Waals surface area contributed by atoms with Crippen LogP contribution >= 0.6 is 46.4 Å². The summed E-state index contributed by atoms with van der Waals surface area (Å²) in [5, 5.41) is 14.1. The summed E-state index contributed by atoms with van der Waals surface area (Å²) in [6.45, 7) is 1.98. The number of rotatable bonds is 6. The summed E-state index contributed by atoms with van der Waals surface area (Å²) in [5.74, 6) is -0.131. The van der Waals surface area contributed by atoms with E-state index in [1.54, 1.807) is 61.5 Å². The molecule has 1 amide bonds. The summed E-state index contributed by atoms with van der Waals surface area (Å²) in [6.07, 6.45) is 1.42. The molecule has 0 atom stereocenters. The zero-order chi connectivity index (χ0) is 23.3. The molecular weight excluding hydrogens is 490 g/mol. The Morgan fingerprint density at radius 3 is 2.53 bits per heavy atom. The zero-order valence-electron chi connectivity index (χ0n) is 16.8. The van der Waals surface area contributed by atoms with Gasteiger partial charge in [0, 0.05) is 21.3 Å². The number of carbonyl (C=O) groups is 1. The molecule has 0 aliphatic heterocycles. The van der Waals surface area contributed by atoms with Gasteiger partial charge in [-0.1, -0.05) is 58.5 Å². The zero-order valence-corrected chi connectivity index (χ0v) is 19.8. The van der Waals surface area contributed by atoms with Gasteiger partial charge in [-0.25, -0.2) is 0 Å². The van der Waals surface area contributed by atoms with Crippen molar-refractivity contribution in [2.75, 3.05) is 5.32 Å². The molecule has 32 heavy (non-hydrogen) atoms. The molecule has 4 nitrogen and oxygen atoms in total. The van der Waals surface area contributed by atoms with Crippen molar-refractivity contribution >= 4 is 64.1 Å². The first-order valence-corrected chi connectivity index (χ1v) is 10.8. The quantitative estimate of drug-likeness (QED) is 0.275. The van der Waals surface area contributed by atoms with Crippen LogP contribution in [0.2, 0.25) is 20.1 Å². The molecular formula is C24H16Cl4N2O2. The molecule has 0 spiro atoms. The van der Waals surface area contributed by atoms with Crippen molar-refractivity contribution in [3.63, 3.8) is 0 Å². The van der Waals surface area contributed by atoms with Crippen LogP contribution in [-0.2, 0) is 11.4 Å². The third kappa shape index (κ3) is 5.97. The van der Waals surface area contributed by atoms with E-state index in [0.717, 1.165) is 5.56 Å². The van der Waals surface area contributed by atoms with E-state index < -0.39 is 5.91 Å². The molecule has 0 aromatic heterocycles. The van der Waals surface area contributed by atoms with Crippen molar-refractivity contribution in [1.29, 1.82) is 5.26 Å². The van der Waals surface area contributed by atoms with Gasteiger partial charge in [-0.15, -0.1) is 0 Å². The molecule has 0 aliphatic carbocycles. The van der Waals surface area contributed by atoms with Gasteiger partial charge in [0.25, 0.3) is 5.91 Å². The topological polar surface area (TPSA) is 62.1 Å². The van der Waals surface area contributed by atoms with Gasteiger partial charge in [0.2, 0.25) is 0 Å². The number of benzene rings is 3. The van der Waals surface area contributed by atoms with Gasteiger partial charge < -0.3 is 10.1 Å². The van der Waals surface area contributed by atoms with E-state index in [1.807, 2.05) is 6.07 Å². The molecule has 3 rings (SSSR count). The molecule has 162 valence electrons. The maximum atomic E-state index is 12.7. The number of carbonyl (C=O) groups excluding carboxylic acids is 1. The number of halogens is 4. The number of hydrogen-bond acceptors (Lipinski definition) is 3. The van der Waals surface area contributed by atoms with Crippen LogP contribution in [0.5, 0.6) is 5.75 Å². The smallest absolute Gasteiger partial charge is 0.266 e. The molecule has 0 saturated heterocycles. The molecule has 3 aromatic carbocycles. The van der Waals surface area contributed by atoms with Gasteiger partial charge >= 0.3 is 0 Å². The van der Waals surface area contributed by atoms with Gasteiger partial charge in [-0.05, 0) is 66.6 Å². The number of nitriles is 1. The van der Waals surface area contributed by atoms with Crippen molar-refractivity contribution in [2.45, 2.75) is 13.5 Å². The lowest BCUT2D eigenvalue weighted by atomic mass is 10.1. The van der Waals surface area contributed by atoms with E-state index in [-0.39, 0.29) is 12.2 Å². The largest absolute Gasteiger partial charge is 0.488 e. The normalized spacial score (nSPS) is 11.1. The molecule has 0 bridgehead atoms. The highest BCUT2D eigenvalue weighted by molar-refractivity contribution is 6.42. The summed E-state index contributed by atoms with van der Waals surface area (Å²) < 4.78 is 5.89. The van der Waals surface area contributed by atoms with Crippen LogP contribution in [0.15, 0.2) is 60.2 Å². The predicted octanol–water partition coefficient (Wildman–Crippen LogP) is 7.73. The molecule has 0 saturated carbocycles. The highest BCUT2D eigenvalue weighted by Crippen LogP contribution is 2.28. The second kappa shape index (κ2) is 10.8. The monoisotopic (exact) mass is 504 g/mol. The minimum absolute atomic E-state index is 0.119. The Hall–Kier alpha value is -2.68. The number of ether oxygens (including phenoxy) is 1. The SMILES string of the molecule is Cc1c(Cl)cccc1NC(=O)/C(C#N)=C/c1cc(Cl)ccc1OCc1ccc(Cl)c(Cl)c1. The van der Waals surface area contributed by atoms with Crippen LogP contribution in [0, 0.1) is 18.3 Å². The number of hydrogen-bond donors (Lipinski definition) is 1. The Balaban J connectivity index is 1.85. The third-order valence-electron chi connectivity index (χ3n) is 4.53. The Morgan fingerprint density at radius 1 is 1.03 bits per heavy atom. The second-order valence-electron chi connectivity index (χ2n) is 6.76. The summed E-state index contributed by atoms with van der Waals surface area (Å²) in [5.41, 5.74) is 2.39. The van der Waals surface area contributed by atoms with Crippen LogP contribution in [0.4, 0.5) is 5.69 Å². The minimum atomic E-state index is -0.576. The van der Waals surface area contributed by atoms with E-state index in [2.05, 4.69) is 5.32 Å². The lowest BCUT2D eigenvalue weighted by molar-refractivity contribution is -0.112. The molecule has 0 fully saturated rings. The van der Waals surface area contributed by atoms with E-state index in [0.29, 0.717) is 42.7 Å². The predicted molar refractivity (Wildman–Crippen MR) is 131 cm³/mol. The van der Waals surface area contributed by atoms with Gasteiger partial charge in [0.15, 0.2) is 0 Å². The van der Waals surface area contributed by atoms with Crippen molar-refractivity contribution in [1.82, 2.24) is 0 Å². The van der Waals surface area contributed by atoms with Crippen molar-refractivity contribution in [2.24, 2.45) is 0 Å². The molecule has 0 heterocycles. The van der Waals surface area contributed by atoms with Gasteiger partial charge in [-0.3, -0.25) is 4.79 Å². The van der Waals surface area contributed by atoms with Crippen molar-refractivity contribution in [3.05, 3.63) is 97.0 Å². The van der Waals surface area contributed by atoms with Gasteiger partial charge in [0.05, 0.1) is 10.0 Å². The van der Waals surface area contributed by atoms with Crippen LogP contribution in [0.25, 0.3) is 6.08 Å². The Morgan fingerprint density at radius 2 is 1.81 bits per heavy atom. The first kappa shape index (κ1) is 24.0. The molecule has 0 unspecified atom stereocenters. The molecule has 0 radical (unpaired) electrons. The summed E-state index contributed by atoms with van der Waals surface area (Å²) in [7, 11) is 0. The number of nitrogens with one attached hydrogen (secondary N) is 1. The Kier molecular flexibility index (Phi) is 8.06. The van der Waals surface area contributed by atoms with E-state index in [1.165, 1.54) is 6.08 Å². The minimum Gasteiger partial charge on any atom is -0.488 e. The van der Waals surface area contributed by atoms with E-state index >= 15 is 0 Å². The van der Waals surface area contributed by atoms with Crippen LogP contribution in [0.1, 0.15) is 16.7 Å². The second-order valence-corrected chi connectivity index (χ2v) is 8.41. The highest BCUT2D eigenvalue weighted by atomic mass is 35.5. The molecule has 0 aliphatic rings. The maximum absolute atomic E-state index is 12.7. The molecule has 1 N–H and O–H groups in total. The summed E-state index contributed by atoms with van der Waals surface area (Å²) in [6, 6.07) is 17.2. The van der Waals surface area contributed by atoms with Crippen LogP contribution in [0.3, 0.4) is 0 Å². The van der Waals surface area contributed by atoms with Crippen molar-refractivity contribution < 1.29 is 9.53 Å². The lowest BCUT2D eigenvalue weighted by Gasteiger charge is -2.12. The first-order valence-electron chi connectivity index (χ1n) is 9.33. The van der Waals surface area contributed by atoms with Gasteiger partial charge in [0.1, 0.15) is 24.0 Å². The molecule has 8 heteroatoms. The number of anilines is 1. The third-order valence-corrected chi connectivity index (χ3v) is 5.91. The average Bonchev–Trinajstić information content (AvgIpc) is 2.76. The maximum Gasteiger partial charge on any atom is 0.266 e. The molecule has 3 aromatic rings. The van der Waals surface area contributed by atoms with E-state index in [4.69, 9.17) is 51.1 Å². The van der Waals surface area contributed by atoms with Crippen LogP contribution in [-0.4, -0.2) is 5.91 Å². The Bertz CT molecular complexity index is 1250. The fraction of sp³-hybridized carbons (Fsp3) is 0.0833.